The molecular weight excluding hydrogens is 366 g/mol. The Balaban J connectivity index is 1.65. The molecular formula is C20H26ClN3O3. The van der Waals surface area contributed by atoms with Crippen LogP contribution in [0.4, 0.5) is 11.4 Å². The predicted octanol–water partition coefficient (Wildman–Crippen LogP) is 2.93. The number of nitrogens with one attached hydrogen (secondary N) is 1. The van der Waals surface area contributed by atoms with Crippen LogP contribution in [-0.2, 0) is 14.3 Å². The number of halogens is 1. The average molecular weight is 392 g/mol. The van der Waals surface area contributed by atoms with Gasteiger partial charge in [0.1, 0.15) is 0 Å². The van der Waals surface area contributed by atoms with Crippen LogP contribution in [0.2, 0.25) is 5.02 Å². The van der Waals surface area contributed by atoms with E-state index in [4.69, 9.17) is 16.3 Å². The van der Waals surface area contributed by atoms with Crippen LogP contribution >= 0.6 is 11.6 Å². The number of hydrogen-bond acceptors (Lipinski definition) is 4. The lowest BCUT2D eigenvalue weighted by Gasteiger charge is -2.36. The van der Waals surface area contributed by atoms with Crippen molar-refractivity contribution in [2.45, 2.75) is 25.8 Å². The van der Waals surface area contributed by atoms with Crippen molar-refractivity contribution in [1.82, 2.24) is 4.90 Å². The van der Waals surface area contributed by atoms with Gasteiger partial charge >= 0.3 is 0 Å². The van der Waals surface area contributed by atoms with Gasteiger partial charge in [-0.2, -0.15) is 0 Å². The van der Waals surface area contributed by atoms with E-state index in [0.717, 1.165) is 25.1 Å². The van der Waals surface area contributed by atoms with Crippen LogP contribution in [-0.4, -0.2) is 55.6 Å². The first-order valence-corrected chi connectivity index (χ1v) is 9.73. The minimum absolute atomic E-state index is 0.0832. The largest absolute Gasteiger partial charge is 0.377 e. The molecule has 2 aliphatic rings. The molecule has 0 radical (unpaired) electrons. The zero-order chi connectivity index (χ0) is 19.4. The molecule has 2 amide bonds. The van der Waals surface area contributed by atoms with Crippen molar-refractivity contribution in [2.24, 2.45) is 5.92 Å². The molecule has 3 rings (SSSR count). The van der Waals surface area contributed by atoms with E-state index in [-0.39, 0.29) is 23.8 Å². The molecule has 7 heteroatoms. The Bertz CT molecular complexity index is 724. The third-order valence-corrected chi connectivity index (χ3v) is 5.47. The summed E-state index contributed by atoms with van der Waals surface area (Å²) < 4.78 is 5.47. The van der Waals surface area contributed by atoms with E-state index < -0.39 is 0 Å². The topological polar surface area (TPSA) is 61.9 Å². The fraction of sp³-hybridized carbons (Fsp3) is 0.500. The first-order chi connectivity index (χ1) is 13.0. The Morgan fingerprint density at radius 2 is 2.19 bits per heavy atom. The Morgan fingerprint density at radius 3 is 2.89 bits per heavy atom. The van der Waals surface area contributed by atoms with Crippen molar-refractivity contribution in [3.8, 4) is 0 Å². The fourth-order valence-corrected chi connectivity index (χ4v) is 3.96. The molecule has 2 heterocycles. The Hall–Kier alpha value is -2.05. The van der Waals surface area contributed by atoms with Gasteiger partial charge in [-0.3, -0.25) is 9.59 Å². The highest BCUT2D eigenvalue weighted by molar-refractivity contribution is 6.33. The minimum Gasteiger partial charge on any atom is -0.377 e. The van der Waals surface area contributed by atoms with Crippen LogP contribution in [0.1, 0.15) is 19.8 Å². The number of morpholine rings is 1. The van der Waals surface area contributed by atoms with Gasteiger partial charge in [-0.15, -0.1) is 0 Å². The number of piperidine rings is 1. The quantitative estimate of drug-likeness (QED) is 0.801. The summed E-state index contributed by atoms with van der Waals surface area (Å²) in [6.45, 7) is 8.87. The van der Waals surface area contributed by atoms with Crippen molar-refractivity contribution in [2.75, 3.05) is 43.1 Å². The van der Waals surface area contributed by atoms with Gasteiger partial charge in [0.05, 0.1) is 29.8 Å². The van der Waals surface area contributed by atoms with Gasteiger partial charge in [0.25, 0.3) is 0 Å². The smallest absolute Gasteiger partial charge is 0.245 e. The highest BCUT2D eigenvalue weighted by Gasteiger charge is 2.28. The molecule has 27 heavy (non-hydrogen) atoms. The summed E-state index contributed by atoms with van der Waals surface area (Å²) in [5.74, 6) is -0.431. The SMILES string of the molecule is C=CC(=O)N1CCCC(C(=O)Nc2ccc(N3CCOCC3C)c(Cl)c2)C1. The first kappa shape index (κ1) is 19.7. The third kappa shape index (κ3) is 4.62. The molecule has 2 saturated heterocycles. The van der Waals surface area contributed by atoms with Crippen LogP contribution in [0.3, 0.4) is 0 Å². The Labute approximate surface area is 165 Å². The number of anilines is 2. The number of rotatable bonds is 4. The Kier molecular flexibility index (Phi) is 6.39. The number of carbonyl (C=O) groups excluding carboxylic acids is 2. The molecule has 2 aliphatic heterocycles. The molecule has 2 fully saturated rings. The van der Waals surface area contributed by atoms with Gasteiger partial charge in [-0.25, -0.2) is 0 Å². The first-order valence-electron chi connectivity index (χ1n) is 9.35. The average Bonchev–Trinajstić information content (AvgIpc) is 2.68. The van der Waals surface area contributed by atoms with Gasteiger partial charge in [0.15, 0.2) is 0 Å². The van der Waals surface area contributed by atoms with E-state index in [0.29, 0.717) is 37.0 Å². The number of ether oxygens (including phenoxy) is 1. The summed E-state index contributed by atoms with van der Waals surface area (Å²) in [5.41, 5.74) is 1.62. The van der Waals surface area contributed by atoms with Crippen molar-refractivity contribution >= 4 is 34.8 Å². The number of carbonyl (C=O) groups is 2. The third-order valence-electron chi connectivity index (χ3n) is 5.17. The van der Waals surface area contributed by atoms with Crippen LogP contribution in [0.25, 0.3) is 0 Å². The molecule has 6 nitrogen and oxygen atoms in total. The van der Waals surface area contributed by atoms with E-state index in [1.165, 1.54) is 6.08 Å². The second kappa shape index (κ2) is 8.76. The second-order valence-electron chi connectivity index (χ2n) is 7.10. The second-order valence-corrected chi connectivity index (χ2v) is 7.51. The molecule has 0 spiro atoms. The molecule has 0 aromatic heterocycles. The highest BCUT2D eigenvalue weighted by atomic mass is 35.5. The predicted molar refractivity (Wildman–Crippen MR) is 107 cm³/mol. The maximum atomic E-state index is 12.6. The van der Waals surface area contributed by atoms with E-state index in [1.54, 1.807) is 11.0 Å². The summed E-state index contributed by atoms with van der Waals surface area (Å²) in [7, 11) is 0. The number of likely N-dealkylation sites (tertiary alicyclic amines) is 1. The minimum atomic E-state index is -0.222. The maximum absolute atomic E-state index is 12.6. The standard InChI is InChI=1S/C20H26ClN3O3/c1-3-19(25)23-8-4-5-15(12-23)20(26)22-16-6-7-18(17(21)11-16)24-9-10-27-13-14(24)2/h3,6-7,11,14-15H,1,4-5,8-10,12-13H2,2H3,(H,22,26). The number of hydrogen-bond donors (Lipinski definition) is 1. The summed E-state index contributed by atoms with van der Waals surface area (Å²) in [6.07, 6.45) is 2.88. The van der Waals surface area contributed by atoms with Crippen molar-refractivity contribution in [3.63, 3.8) is 0 Å². The van der Waals surface area contributed by atoms with Gasteiger partial charge in [0.2, 0.25) is 11.8 Å². The zero-order valence-electron chi connectivity index (χ0n) is 15.6. The summed E-state index contributed by atoms with van der Waals surface area (Å²) in [4.78, 5) is 28.3. The summed E-state index contributed by atoms with van der Waals surface area (Å²) in [6, 6.07) is 5.85. The van der Waals surface area contributed by atoms with Crippen LogP contribution in [0, 0.1) is 5.92 Å². The highest BCUT2D eigenvalue weighted by Crippen LogP contribution is 2.31. The molecule has 0 bridgehead atoms. The van der Waals surface area contributed by atoms with Crippen LogP contribution < -0.4 is 10.2 Å². The summed E-state index contributed by atoms with van der Waals surface area (Å²) in [5, 5.41) is 3.55. The normalized spacial score (nSPS) is 23.0. The van der Waals surface area contributed by atoms with Crippen LogP contribution in [0.5, 0.6) is 0 Å². The van der Waals surface area contributed by atoms with E-state index in [1.807, 2.05) is 12.1 Å². The van der Waals surface area contributed by atoms with Gasteiger partial charge in [-0.1, -0.05) is 18.2 Å². The molecule has 0 saturated carbocycles. The van der Waals surface area contributed by atoms with Gasteiger partial charge < -0.3 is 19.9 Å². The maximum Gasteiger partial charge on any atom is 0.245 e. The molecule has 0 aliphatic carbocycles. The summed E-state index contributed by atoms with van der Waals surface area (Å²) >= 11 is 6.48. The molecule has 2 unspecified atom stereocenters. The van der Waals surface area contributed by atoms with E-state index >= 15 is 0 Å². The lowest BCUT2D eigenvalue weighted by Crippen LogP contribution is -2.44. The van der Waals surface area contributed by atoms with Crippen molar-refractivity contribution in [3.05, 3.63) is 35.9 Å². The van der Waals surface area contributed by atoms with Gasteiger partial charge in [-0.05, 0) is 44.0 Å². The molecule has 1 aromatic rings. The lowest BCUT2D eigenvalue weighted by atomic mass is 9.97. The lowest BCUT2D eigenvalue weighted by molar-refractivity contribution is -0.130. The Morgan fingerprint density at radius 1 is 1.37 bits per heavy atom. The zero-order valence-corrected chi connectivity index (χ0v) is 16.4. The van der Waals surface area contributed by atoms with Gasteiger partial charge in [0, 0.05) is 31.4 Å². The molecule has 2 atom stereocenters. The number of benzene rings is 1. The molecule has 1 aromatic carbocycles. The van der Waals surface area contributed by atoms with E-state index in [2.05, 4.69) is 23.7 Å². The molecule has 1 N–H and O–H groups in total. The number of nitrogens with zero attached hydrogens (tertiary/aromatic N) is 2. The van der Waals surface area contributed by atoms with Crippen molar-refractivity contribution < 1.29 is 14.3 Å². The number of amides is 2. The monoisotopic (exact) mass is 391 g/mol. The van der Waals surface area contributed by atoms with Crippen molar-refractivity contribution in [1.29, 1.82) is 0 Å². The van der Waals surface area contributed by atoms with Crippen LogP contribution in [0.15, 0.2) is 30.9 Å². The molecule has 146 valence electrons. The fourth-order valence-electron chi connectivity index (χ4n) is 3.67. The van der Waals surface area contributed by atoms with E-state index in [9.17, 15) is 9.59 Å².